The molecule has 3 aromatic heterocycles. The molecule has 0 aliphatic rings. The number of hydrogen-bond donors (Lipinski definition) is 1. The topological polar surface area (TPSA) is 63.6 Å². The van der Waals surface area contributed by atoms with Crippen molar-refractivity contribution >= 4 is 50.6 Å². The third-order valence-electron chi connectivity index (χ3n) is 2.65. The van der Waals surface area contributed by atoms with Gasteiger partial charge >= 0.3 is 0 Å². The molecule has 3 aromatic rings. The van der Waals surface area contributed by atoms with E-state index in [4.69, 9.17) is 0 Å². The summed E-state index contributed by atoms with van der Waals surface area (Å²) in [5, 5.41) is 4.51. The third kappa shape index (κ3) is 2.92. The van der Waals surface area contributed by atoms with E-state index in [2.05, 4.69) is 32.2 Å². The molecular formula is C12H13N5S3. The molecule has 3 heterocycles. The van der Waals surface area contributed by atoms with E-state index >= 15 is 0 Å². The van der Waals surface area contributed by atoms with Gasteiger partial charge in [-0.1, -0.05) is 11.8 Å². The zero-order valence-electron chi connectivity index (χ0n) is 11.1. The van der Waals surface area contributed by atoms with Crippen molar-refractivity contribution in [1.29, 1.82) is 0 Å². The van der Waals surface area contributed by atoms with Crippen LogP contribution in [0, 0.1) is 6.92 Å². The molecule has 0 radical (unpaired) electrons. The van der Waals surface area contributed by atoms with Crippen molar-refractivity contribution in [3.63, 3.8) is 0 Å². The van der Waals surface area contributed by atoms with Gasteiger partial charge < -0.3 is 5.32 Å². The Morgan fingerprint density at radius 2 is 2.15 bits per heavy atom. The number of thioether (sulfide) groups is 1. The number of aromatic nitrogens is 4. The van der Waals surface area contributed by atoms with Gasteiger partial charge in [-0.15, -0.1) is 22.7 Å². The first kappa shape index (κ1) is 13.7. The molecule has 0 aliphatic carbocycles. The smallest absolute Gasteiger partial charge is 0.176 e. The summed E-state index contributed by atoms with van der Waals surface area (Å²) >= 11 is 4.99. The molecule has 0 aromatic carbocycles. The van der Waals surface area contributed by atoms with Crippen LogP contribution in [-0.2, 0) is 6.42 Å². The molecule has 0 spiro atoms. The lowest BCUT2D eigenvalue weighted by molar-refractivity contribution is 0.987. The molecule has 0 saturated heterocycles. The van der Waals surface area contributed by atoms with Gasteiger partial charge in [0.2, 0.25) is 0 Å². The fourth-order valence-electron chi connectivity index (χ4n) is 1.75. The lowest BCUT2D eigenvalue weighted by Crippen LogP contribution is -2.06. The molecule has 0 bridgehead atoms. The lowest BCUT2D eigenvalue weighted by Gasteiger charge is -2.03. The van der Waals surface area contributed by atoms with Gasteiger partial charge in [0, 0.05) is 24.0 Å². The number of rotatable bonds is 5. The standard InChI is InChI=1S/C12H13N5S3/c1-7-5-14-8(19-7)3-4-13-10-9-11(16-6-15-10)17-12(18-2)20-9/h5-6H,3-4H2,1-2H3,(H,13,15,16). The quantitative estimate of drug-likeness (QED) is 0.727. The Balaban J connectivity index is 1.72. The summed E-state index contributed by atoms with van der Waals surface area (Å²) in [5.41, 5.74) is 0.766. The molecule has 0 fully saturated rings. The highest BCUT2D eigenvalue weighted by Gasteiger charge is 2.09. The summed E-state index contributed by atoms with van der Waals surface area (Å²) in [7, 11) is 0. The third-order valence-corrected chi connectivity index (χ3v) is 5.66. The van der Waals surface area contributed by atoms with Crippen LogP contribution in [0.5, 0.6) is 0 Å². The van der Waals surface area contributed by atoms with Crippen LogP contribution in [0.4, 0.5) is 5.82 Å². The Hall–Kier alpha value is -1.25. The van der Waals surface area contributed by atoms with Gasteiger partial charge in [0.25, 0.3) is 0 Å². The SMILES string of the molecule is CSc1nc2ncnc(NCCc3ncc(C)s3)c2s1. The monoisotopic (exact) mass is 323 g/mol. The first-order valence-corrected chi connectivity index (χ1v) is 8.93. The maximum atomic E-state index is 4.44. The fourth-order valence-corrected chi connectivity index (χ4v) is 4.02. The van der Waals surface area contributed by atoms with Crippen LogP contribution in [0.25, 0.3) is 10.3 Å². The number of fused-ring (bicyclic) bond motifs is 1. The van der Waals surface area contributed by atoms with Gasteiger partial charge in [0.15, 0.2) is 9.99 Å². The molecule has 0 aliphatic heterocycles. The van der Waals surface area contributed by atoms with Gasteiger partial charge in [-0.25, -0.2) is 19.9 Å². The van der Waals surface area contributed by atoms with E-state index in [9.17, 15) is 0 Å². The van der Waals surface area contributed by atoms with Crippen LogP contribution in [0.3, 0.4) is 0 Å². The van der Waals surface area contributed by atoms with Crippen LogP contribution in [0.1, 0.15) is 9.88 Å². The minimum atomic E-state index is 0.766. The van der Waals surface area contributed by atoms with Crippen molar-refractivity contribution in [3.05, 3.63) is 22.4 Å². The molecule has 0 amide bonds. The first-order valence-electron chi connectivity index (χ1n) is 6.07. The Labute approximate surface area is 128 Å². The zero-order valence-corrected chi connectivity index (χ0v) is 13.5. The molecule has 5 nitrogen and oxygen atoms in total. The van der Waals surface area contributed by atoms with Gasteiger partial charge in [-0.3, -0.25) is 0 Å². The molecule has 0 unspecified atom stereocenters. The maximum absolute atomic E-state index is 4.44. The second-order valence-corrected chi connectivity index (χ2v) is 7.47. The van der Waals surface area contributed by atoms with Crippen molar-refractivity contribution in [2.45, 2.75) is 17.7 Å². The van der Waals surface area contributed by atoms with Crippen LogP contribution in [-0.4, -0.2) is 32.7 Å². The largest absolute Gasteiger partial charge is 0.368 e. The molecule has 0 saturated carbocycles. The molecular weight excluding hydrogens is 310 g/mol. The van der Waals surface area contributed by atoms with Crippen molar-refractivity contribution in [2.24, 2.45) is 0 Å². The summed E-state index contributed by atoms with van der Waals surface area (Å²) in [4.78, 5) is 18.6. The van der Waals surface area contributed by atoms with Crippen LogP contribution in [0.15, 0.2) is 16.9 Å². The molecule has 0 atom stereocenters. The van der Waals surface area contributed by atoms with E-state index in [1.807, 2.05) is 12.5 Å². The minimum Gasteiger partial charge on any atom is -0.368 e. The van der Waals surface area contributed by atoms with E-state index in [0.717, 1.165) is 38.5 Å². The second kappa shape index (κ2) is 6.02. The van der Waals surface area contributed by atoms with Crippen molar-refractivity contribution in [3.8, 4) is 0 Å². The fraction of sp³-hybridized carbons (Fsp3) is 0.333. The number of thiazole rings is 2. The Bertz CT molecular complexity index is 721. The number of nitrogens with one attached hydrogen (secondary N) is 1. The summed E-state index contributed by atoms with van der Waals surface area (Å²) < 4.78 is 2.03. The summed E-state index contributed by atoms with van der Waals surface area (Å²) in [6.07, 6.45) is 6.39. The highest BCUT2D eigenvalue weighted by atomic mass is 32.2. The van der Waals surface area contributed by atoms with E-state index in [0.29, 0.717) is 0 Å². The molecule has 3 rings (SSSR count). The van der Waals surface area contributed by atoms with E-state index in [1.165, 1.54) is 4.88 Å². The van der Waals surface area contributed by atoms with Crippen LogP contribution >= 0.6 is 34.4 Å². The lowest BCUT2D eigenvalue weighted by atomic mass is 10.4. The summed E-state index contributed by atoms with van der Waals surface area (Å²) in [5.74, 6) is 0.862. The van der Waals surface area contributed by atoms with Crippen molar-refractivity contribution in [1.82, 2.24) is 19.9 Å². The maximum Gasteiger partial charge on any atom is 0.176 e. The van der Waals surface area contributed by atoms with E-state index in [-0.39, 0.29) is 0 Å². The molecule has 104 valence electrons. The molecule has 8 heteroatoms. The minimum absolute atomic E-state index is 0.766. The van der Waals surface area contributed by atoms with Gasteiger partial charge in [0.05, 0.1) is 5.01 Å². The van der Waals surface area contributed by atoms with Crippen LogP contribution in [0.2, 0.25) is 0 Å². The van der Waals surface area contributed by atoms with E-state index in [1.54, 1.807) is 40.8 Å². The second-order valence-electron chi connectivity index (χ2n) is 4.10. The van der Waals surface area contributed by atoms with Crippen molar-refractivity contribution < 1.29 is 0 Å². The van der Waals surface area contributed by atoms with E-state index < -0.39 is 0 Å². The summed E-state index contributed by atoms with van der Waals surface area (Å²) in [6.45, 7) is 2.88. The number of aryl methyl sites for hydroxylation is 1. The average Bonchev–Trinajstić information content (AvgIpc) is 3.05. The Morgan fingerprint density at radius 3 is 2.90 bits per heavy atom. The molecule has 20 heavy (non-hydrogen) atoms. The first-order chi connectivity index (χ1) is 9.76. The Morgan fingerprint density at radius 1 is 1.25 bits per heavy atom. The molecule has 1 N–H and O–H groups in total. The highest BCUT2D eigenvalue weighted by Crippen LogP contribution is 2.30. The number of nitrogens with zero attached hydrogens (tertiary/aromatic N) is 4. The predicted molar refractivity (Wildman–Crippen MR) is 86.0 cm³/mol. The summed E-state index contributed by atoms with van der Waals surface area (Å²) in [6, 6.07) is 0. The van der Waals surface area contributed by atoms with Gasteiger partial charge in [0.1, 0.15) is 16.8 Å². The normalized spacial score (nSPS) is 11.1. The zero-order chi connectivity index (χ0) is 13.9. The Kier molecular flexibility index (Phi) is 4.13. The van der Waals surface area contributed by atoms with Crippen molar-refractivity contribution in [2.75, 3.05) is 18.1 Å². The van der Waals surface area contributed by atoms with Crippen LogP contribution < -0.4 is 5.32 Å². The van der Waals surface area contributed by atoms with Gasteiger partial charge in [-0.05, 0) is 13.2 Å². The van der Waals surface area contributed by atoms with Gasteiger partial charge in [-0.2, -0.15) is 0 Å². The predicted octanol–water partition coefficient (Wildman–Crippen LogP) is 3.23. The number of anilines is 1. The number of hydrogen-bond acceptors (Lipinski definition) is 8. The average molecular weight is 323 g/mol. The highest BCUT2D eigenvalue weighted by molar-refractivity contribution is 8.00.